The molecule has 0 aliphatic carbocycles. The number of alkyl carbamates (subject to hydrolysis) is 1. The van der Waals surface area contributed by atoms with Crippen LogP contribution >= 0.6 is 23.2 Å². The molecular formula is C25H34Cl2N4O2. The third-order valence-corrected chi connectivity index (χ3v) is 5.12. The molecule has 0 radical (unpaired) electrons. The van der Waals surface area contributed by atoms with Crippen molar-refractivity contribution in [2.75, 3.05) is 6.54 Å². The van der Waals surface area contributed by atoms with Gasteiger partial charge < -0.3 is 10.1 Å². The van der Waals surface area contributed by atoms with Crippen molar-refractivity contribution in [2.24, 2.45) is 0 Å². The van der Waals surface area contributed by atoms with E-state index in [9.17, 15) is 4.79 Å². The van der Waals surface area contributed by atoms with Gasteiger partial charge in [-0.25, -0.2) is 4.79 Å². The standard InChI is InChI=1S/C15H23ClN2O2.C10H11ClN2/c1-10-7-11(16)12(17-8-10)15(5,6)9-18-13(19)20-14(2,3)4;1-7-4-8(11)9(13-5-7)10(2,3)6-12/h7-8H,9H2,1-6H3,(H,18,19);4-5H,1-3H3. The molecule has 0 atom stereocenters. The summed E-state index contributed by atoms with van der Waals surface area (Å²) in [6.45, 7) is 17.3. The van der Waals surface area contributed by atoms with Crippen LogP contribution in [0.2, 0.25) is 10.0 Å². The van der Waals surface area contributed by atoms with Crippen molar-refractivity contribution in [3.63, 3.8) is 0 Å². The largest absolute Gasteiger partial charge is 0.444 e. The van der Waals surface area contributed by atoms with Crippen molar-refractivity contribution >= 4 is 29.3 Å². The number of hydrogen-bond donors (Lipinski definition) is 1. The second kappa shape index (κ2) is 11.2. The number of halogens is 2. The summed E-state index contributed by atoms with van der Waals surface area (Å²) in [7, 11) is 0. The topological polar surface area (TPSA) is 87.9 Å². The maximum Gasteiger partial charge on any atom is 0.407 e. The van der Waals surface area contributed by atoms with Crippen LogP contribution in [0.15, 0.2) is 24.5 Å². The Balaban J connectivity index is 0.000000361. The molecule has 180 valence electrons. The normalized spacial score (nSPS) is 11.7. The Morgan fingerprint density at radius 2 is 1.42 bits per heavy atom. The number of aromatic nitrogens is 2. The first kappa shape index (κ1) is 28.7. The predicted octanol–water partition coefficient (Wildman–Crippen LogP) is 6.69. The monoisotopic (exact) mass is 492 g/mol. The van der Waals surface area contributed by atoms with Crippen molar-refractivity contribution < 1.29 is 9.53 Å². The summed E-state index contributed by atoms with van der Waals surface area (Å²) in [5, 5.41) is 12.8. The van der Waals surface area contributed by atoms with Crippen LogP contribution < -0.4 is 5.32 Å². The molecule has 1 N–H and O–H groups in total. The minimum absolute atomic E-state index is 0.373. The number of nitrogens with zero attached hydrogens (tertiary/aromatic N) is 3. The summed E-state index contributed by atoms with van der Waals surface area (Å²) in [6, 6.07) is 5.87. The lowest BCUT2D eigenvalue weighted by molar-refractivity contribution is 0.0517. The maximum absolute atomic E-state index is 11.7. The van der Waals surface area contributed by atoms with E-state index in [0.29, 0.717) is 22.3 Å². The molecule has 0 aliphatic heterocycles. The predicted molar refractivity (Wildman–Crippen MR) is 134 cm³/mol. The lowest BCUT2D eigenvalue weighted by atomic mass is 9.88. The molecule has 8 heteroatoms. The highest BCUT2D eigenvalue weighted by atomic mass is 35.5. The molecular weight excluding hydrogens is 459 g/mol. The van der Waals surface area contributed by atoms with Crippen LogP contribution in [0.3, 0.4) is 0 Å². The van der Waals surface area contributed by atoms with Gasteiger partial charge in [0.05, 0.1) is 32.9 Å². The lowest BCUT2D eigenvalue weighted by Gasteiger charge is -2.27. The highest BCUT2D eigenvalue weighted by Crippen LogP contribution is 2.28. The van der Waals surface area contributed by atoms with Crippen LogP contribution in [0.25, 0.3) is 0 Å². The van der Waals surface area contributed by atoms with Gasteiger partial charge in [0.15, 0.2) is 0 Å². The molecule has 0 bridgehead atoms. The van der Waals surface area contributed by atoms with Gasteiger partial charge >= 0.3 is 6.09 Å². The molecule has 0 aromatic carbocycles. The molecule has 0 saturated carbocycles. The van der Waals surface area contributed by atoms with Gasteiger partial charge in [0, 0.05) is 24.4 Å². The Morgan fingerprint density at radius 1 is 0.970 bits per heavy atom. The number of ether oxygens (including phenoxy) is 1. The van der Waals surface area contributed by atoms with Crippen LogP contribution in [-0.4, -0.2) is 28.2 Å². The average Bonchev–Trinajstić information content (AvgIpc) is 2.65. The van der Waals surface area contributed by atoms with E-state index < -0.39 is 17.1 Å². The van der Waals surface area contributed by atoms with E-state index >= 15 is 0 Å². The fourth-order valence-corrected chi connectivity index (χ4v) is 3.70. The van der Waals surface area contributed by atoms with Crippen molar-refractivity contribution in [1.82, 2.24) is 15.3 Å². The quantitative estimate of drug-likeness (QED) is 0.513. The number of aryl methyl sites for hydroxylation is 2. The van der Waals surface area contributed by atoms with Crippen molar-refractivity contribution in [1.29, 1.82) is 5.26 Å². The zero-order chi connectivity index (χ0) is 25.6. The molecule has 0 saturated heterocycles. The minimum atomic E-state index is -0.620. The molecule has 0 aliphatic rings. The van der Waals surface area contributed by atoms with Crippen LogP contribution in [0.4, 0.5) is 4.79 Å². The second-order valence-electron chi connectivity index (χ2n) is 10.2. The summed E-state index contributed by atoms with van der Waals surface area (Å²) in [5.41, 5.74) is 1.92. The Hall–Kier alpha value is -2.36. The average molecular weight is 493 g/mol. The van der Waals surface area contributed by atoms with E-state index in [1.54, 1.807) is 26.2 Å². The van der Waals surface area contributed by atoms with Crippen molar-refractivity contribution in [2.45, 2.75) is 78.7 Å². The first-order valence-electron chi connectivity index (χ1n) is 10.6. The first-order chi connectivity index (χ1) is 15.0. The van der Waals surface area contributed by atoms with Gasteiger partial charge in [-0.05, 0) is 71.7 Å². The van der Waals surface area contributed by atoms with Gasteiger partial charge in [-0.1, -0.05) is 37.0 Å². The second-order valence-corrected chi connectivity index (χ2v) is 11.0. The number of pyridine rings is 2. The van der Waals surface area contributed by atoms with Crippen molar-refractivity contribution in [3.8, 4) is 6.07 Å². The van der Waals surface area contributed by atoms with Gasteiger partial charge in [0.2, 0.25) is 0 Å². The smallest absolute Gasteiger partial charge is 0.407 e. The number of nitrogens with one attached hydrogen (secondary N) is 1. The fourth-order valence-electron chi connectivity index (χ4n) is 2.77. The third-order valence-electron chi connectivity index (χ3n) is 4.54. The Bertz CT molecular complexity index is 1020. The highest BCUT2D eigenvalue weighted by molar-refractivity contribution is 6.31. The molecule has 6 nitrogen and oxygen atoms in total. The van der Waals surface area contributed by atoms with Gasteiger partial charge in [-0.3, -0.25) is 9.97 Å². The van der Waals surface area contributed by atoms with E-state index in [1.807, 2.05) is 60.6 Å². The third kappa shape index (κ3) is 9.19. The van der Waals surface area contributed by atoms with E-state index in [1.165, 1.54) is 0 Å². The Kier molecular flexibility index (Phi) is 9.71. The van der Waals surface area contributed by atoms with Crippen LogP contribution in [-0.2, 0) is 15.6 Å². The van der Waals surface area contributed by atoms with E-state index in [0.717, 1.165) is 16.8 Å². The number of carbonyl (C=O) groups is 1. The summed E-state index contributed by atoms with van der Waals surface area (Å²) in [5.74, 6) is 0. The number of hydrogen-bond acceptors (Lipinski definition) is 5. The van der Waals surface area contributed by atoms with Gasteiger partial charge in [0.25, 0.3) is 0 Å². The van der Waals surface area contributed by atoms with E-state index in [4.69, 9.17) is 33.2 Å². The van der Waals surface area contributed by atoms with Crippen LogP contribution in [0.5, 0.6) is 0 Å². The molecule has 1 amide bonds. The molecule has 0 unspecified atom stereocenters. The van der Waals surface area contributed by atoms with Gasteiger partial charge in [-0.15, -0.1) is 0 Å². The zero-order valence-electron chi connectivity index (χ0n) is 20.9. The molecule has 0 spiro atoms. The first-order valence-corrected chi connectivity index (χ1v) is 11.4. The maximum atomic E-state index is 11.7. The Morgan fingerprint density at radius 3 is 1.82 bits per heavy atom. The van der Waals surface area contributed by atoms with Crippen LogP contribution in [0.1, 0.15) is 71.0 Å². The fraction of sp³-hybridized carbons (Fsp3) is 0.520. The number of carbonyl (C=O) groups excluding carboxylic acids is 1. The Labute approximate surface area is 207 Å². The number of nitriles is 1. The molecule has 2 rings (SSSR count). The van der Waals surface area contributed by atoms with Gasteiger partial charge in [-0.2, -0.15) is 5.26 Å². The minimum Gasteiger partial charge on any atom is -0.444 e. The lowest BCUT2D eigenvalue weighted by Crippen LogP contribution is -2.40. The summed E-state index contributed by atoms with van der Waals surface area (Å²) >= 11 is 12.2. The number of rotatable bonds is 4. The summed E-state index contributed by atoms with van der Waals surface area (Å²) < 4.78 is 5.21. The van der Waals surface area contributed by atoms with E-state index in [2.05, 4.69) is 21.4 Å². The van der Waals surface area contributed by atoms with Crippen molar-refractivity contribution in [3.05, 3.63) is 57.1 Å². The van der Waals surface area contributed by atoms with E-state index in [-0.39, 0.29) is 5.41 Å². The summed E-state index contributed by atoms with van der Waals surface area (Å²) in [4.78, 5) is 20.2. The molecule has 2 aromatic heterocycles. The molecule has 2 aromatic rings. The zero-order valence-corrected chi connectivity index (χ0v) is 22.4. The molecule has 33 heavy (non-hydrogen) atoms. The highest BCUT2D eigenvalue weighted by Gasteiger charge is 2.27. The SMILES string of the molecule is Cc1cnc(C(C)(C)C#N)c(Cl)c1.Cc1cnc(C(C)(C)CNC(=O)OC(C)(C)C)c(Cl)c1. The van der Waals surface area contributed by atoms with Gasteiger partial charge in [0.1, 0.15) is 5.60 Å². The molecule has 0 fully saturated rings. The molecule has 2 heterocycles. The van der Waals surface area contributed by atoms with Crippen LogP contribution in [0, 0.1) is 25.2 Å². The summed E-state index contributed by atoms with van der Waals surface area (Å²) in [6.07, 6.45) is 3.06. The number of amides is 1.